The van der Waals surface area contributed by atoms with Gasteiger partial charge in [-0.2, -0.15) is 0 Å². The summed E-state index contributed by atoms with van der Waals surface area (Å²) < 4.78 is 65.7. The third-order valence-electron chi connectivity index (χ3n) is 16.8. The molecule has 8 aromatic rings. The fraction of sp³-hybridized carbons (Fsp3) is 0.333. The predicted molar refractivity (Wildman–Crippen MR) is 429 cm³/mol. The number of esters is 8. The Balaban J connectivity index is 1.29. The molecule has 0 amide bonds. The van der Waals surface area contributed by atoms with Gasteiger partial charge in [0.05, 0.1) is 17.9 Å². The summed E-state index contributed by atoms with van der Waals surface area (Å²) in [5.74, 6) is -17.6. The van der Waals surface area contributed by atoms with Crippen LogP contribution in [0.2, 0.25) is 0 Å². The highest BCUT2D eigenvalue weighted by atomic mass is 79.9. The van der Waals surface area contributed by atoms with Crippen molar-refractivity contribution in [3.05, 3.63) is 206 Å². The molecule has 0 atom stereocenters. The van der Waals surface area contributed by atoms with E-state index >= 15 is 0 Å². The Morgan fingerprint density at radius 3 is 0.560 bits per heavy atom. The molecule has 0 fully saturated rings. The highest BCUT2D eigenvalue weighted by Crippen LogP contribution is 2.55. The van der Waals surface area contributed by atoms with E-state index < -0.39 is 193 Å². The van der Waals surface area contributed by atoms with Gasteiger partial charge in [-0.1, -0.05) is 24.3 Å². The number of fused-ring (bicyclic) bond motifs is 8. The molecule has 32 heteroatoms. The molecule has 0 aromatic heterocycles. The number of phenols is 8. The van der Waals surface area contributed by atoms with Gasteiger partial charge in [-0.25, -0.2) is 38.4 Å². The first kappa shape index (κ1) is 89.0. The van der Waals surface area contributed by atoms with E-state index in [1.807, 2.05) is 0 Å². The van der Waals surface area contributed by atoms with E-state index in [1.54, 1.807) is 83.1 Å². The zero-order valence-electron chi connectivity index (χ0n) is 64.8. The molecule has 116 heavy (non-hydrogen) atoms. The number of benzene rings is 8. The van der Waals surface area contributed by atoms with E-state index in [0.29, 0.717) is 0 Å². The van der Waals surface area contributed by atoms with Crippen molar-refractivity contribution in [3.63, 3.8) is 0 Å². The molecular weight excluding hydrogens is 1780 g/mol. The van der Waals surface area contributed by atoms with Crippen LogP contribution in [0.5, 0.6) is 69.0 Å². The van der Waals surface area contributed by atoms with E-state index in [-0.39, 0.29) is 108 Å². The lowest BCUT2D eigenvalue weighted by atomic mass is 9.75. The smallest absolute Gasteiger partial charge is 0.344 e. The standard InChI is InChI=1S/C84H84Br4O28/c1-81(2,3)113-73(101)37-109-69(97)33-105-65-17-13-41(21-53(65)85)77-45-25-47(59(91)29-57(45)89)78(42-14-18-66(54(86)22-42)106-34-70(98)110-38-74(102)114-82(4,5)6)49-27-51(63(95)31-61(49)93)80(44-16-20-68(56(88)24-44)108-36-72(100)112-40-76(104)116-84(10,11)12)52-28-50(62(94)32-64(52)96)79(48-26-46(77)58(90)30-60(48)92)43-15-19-67(55(87)23-43)107-35-71(99)111-39-75(103)115-83(7,8)9/h13-32,77-80,89-96H,33-40H2,1-12H3. The molecular formula is C84H84Br4O28. The van der Waals surface area contributed by atoms with Gasteiger partial charge in [0.1, 0.15) is 91.4 Å². The summed E-state index contributed by atoms with van der Waals surface area (Å²) in [7, 11) is 0. The minimum atomic E-state index is -1.45. The number of carbonyl (C=O) groups is 8. The molecule has 28 nitrogen and oxygen atoms in total. The van der Waals surface area contributed by atoms with Gasteiger partial charge in [-0.05, 0) is 242 Å². The zero-order valence-corrected chi connectivity index (χ0v) is 71.1. The lowest BCUT2D eigenvalue weighted by Gasteiger charge is -2.30. The van der Waals surface area contributed by atoms with Gasteiger partial charge >= 0.3 is 47.8 Å². The molecule has 0 unspecified atom stereocenters. The molecule has 0 radical (unpaired) electrons. The van der Waals surface area contributed by atoms with Crippen LogP contribution in [-0.2, 0) is 76.3 Å². The summed E-state index contributed by atoms with van der Waals surface area (Å²) >= 11 is 14.2. The summed E-state index contributed by atoms with van der Waals surface area (Å²) in [6, 6.07) is 27.3. The lowest BCUT2D eigenvalue weighted by molar-refractivity contribution is -0.167. The SMILES string of the molecule is CC(C)(C)OC(=O)COC(=O)COc1ccc(C2c3cc(c(O)cc3O)C(c3ccc(OCC(=O)OCC(=O)OC(C)(C)C)c(Br)c3)c3cc(c(O)cc3O)C(c3ccc(OCC(=O)OCC(=O)OC(C)(C)C)c(Br)c3)c3cc(c(O)cc3O)C(c3ccc(OCC(=O)OCC(=O)OC(C)(C)C)c(Br)c3)c3cc2c(O)cc3O)cc1Br. The molecule has 1 aliphatic rings. The Kier molecular flexibility index (Phi) is 28.3. The number of hydrogen-bond donors (Lipinski definition) is 8. The average molecular weight is 1860 g/mol. The van der Waals surface area contributed by atoms with Crippen LogP contribution in [0.1, 0.15) is 174 Å². The van der Waals surface area contributed by atoms with Crippen LogP contribution >= 0.6 is 63.7 Å². The zero-order chi connectivity index (χ0) is 85.4. The molecule has 0 saturated heterocycles. The number of rotatable bonds is 24. The third-order valence-corrected chi connectivity index (χ3v) is 19.3. The van der Waals surface area contributed by atoms with Gasteiger partial charge in [-0.3, -0.25) is 0 Å². The van der Waals surface area contributed by atoms with Gasteiger partial charge in [0.25, 0.3) is 0 Å². The summed E-state index contributed by atoms with van der Waals surface area (Å²) in [4.78, 5) is 102. The highest BCUT2D eigenvalue weighted by Gasteiger charge is 2.37. The monoisotopic (exact) mass is 1860 g/mol. The van der Waals surface area contributed by atoms with Crippen LogP contribution < -0.4 is 18.9 Å². The summed E-state index contributed by atoms with van der Waals surface area (Å²) in [5, 5.41) is 101. The molecule has 0 heterocycles. The first-order valence-electron chi connectivity index (χ1n) is 35.6. The maximum Gasteiger partial charge on any atom is 0.344 e. The lowest BCUT2D eigenvalue weighted by Crippen LogP contribution is -2.28. The molecule has 0 saturated carbocycles. The van der Waals surface area contributed by atoms with Crippen LogP contribution in [0.4, 0.5) is 0 Å². The molecule has 9 rings (SSSR count). The average Bonchev–Trinajstić information content (AvgIpc) is 0.738. The van der Waals surface area contributed by atoms with E-state index in [0.717, 1.165) is 24.3 Å². The van der Waals surface area contributed by atoms with Crippen LogP contribution in [0, 0.1) is 0 Å². The van der Waals surface area contributed by atoms with Gasteiger partial charge in [-0.15, -0.1) is 0 Å². The highest BCUT2D eigenvalue weighted by molar-refractivity contribution is 9.11. The first-order chi connectivity index (χ1) is 54.2. The van der Waals surface area contributed by atoms with Gasteiger partial charge < -0.3 is 97.7 Å². The summed E-state index contributed by atoms with van der Waals surface area (Å²) in [6.07, 6.45) is 0. The van der Waals surface area contributed by atoms with Crippen molar-refractivity contribution in [2.75, 3.05) is 52.9 Å². The Morgan fingerprint density at radius 1 is 0.250 bits per heavy atom. The minimum Gasteiger partial charge on any atom is -0.507 e. The minimum absolute atomic E-state index is 0.0384. The van der Waals surface area contributed by atoms with E-state index in [1.165, 1.54) is 97.1 Å². The van der Waals surface area contributed by atoms with Crippen molar-refractivity contribution in [2.45, 2.75) is 129 Å². The van der Waals surface area contributed by atoms with Crippen molar-refractivity contribution in [1.82, 2.24) is 0 Å². The van der Waals surface area contributed by atoms with Crippen LogP contribution in [0.3, 0.4) is 0 Å². The quantitative estimate of drug-likeness (QED) is 0.0206. The molecule has 0 spiro atoms. The Labute approximate surface area is 699 Å². The second-order valence-corrected chi connectivity index (χ2v) is 33.9. The Hall–Kier alpha value is -11.0. The number of hydrogen-bond acceptors (Lipinski definition) is 28. The second-order valence-electron chi connectivity index (χ2n) is 30.5. The Morgan fingerprint density at radius 2 is 0.414 bits per heavy atom. The predicted octanol–water partition coefficient (Wildman–Crippen LogP) is 14.5. The van der Waals surface area contributed by atoms with Crippen LogP contribution in [-0.4, -0.2) is 164 Å². The summed E-state index contributed by atoms with van der Waals surface area (Å²) in [5.41, 5.74) is -3.47. The molecule has 616 valence electrons. The van der Waals surface area contributed by atoms with Crippen molar-refractivity contribution < 1.29 is 136 Å². The van der Waals surface area contributed by atoms with Gasteiger partial charge in [0, 0.05) is 92.4 Å². The van der Waals surface area contributed by atoms with Crippen molar-refractivity contribution in [2.24, 2.45) is 0 Å². The molecule has 1 aliphatic carbocycles. The van der Waals surface area contributed by atoms with Gasteiger partial charge in [0.15, 0.2) is 52.9 Å². The van der Waals surface area contributed by atoms with Crippen LogP contribution in [0.15, 0.2) is 139 Å². The van der Waals surface area contributed by atoms with Crippen molar-refractivity contribution in [3.8, 4) is 69.0 Å². The summed E-state index contributed by atoms with van der Waals surface area (Å²) in [6.45, 7) is 13.9. The number of ether oxygens (including phenoxy) is 12. The second kappa shape index (κ2) is 36.9. The number of halogens is 4. The Bertz CT molecular complexity index is 4380. The molecule has 8 aromatic carbocycles. The molecule has 8 N–H and O–H groups in total. The number of aromatic hydroxyl groups is 8. The maximum atomic E-state index is 13.0. The van der Waals surface area contributed by atoms with Gasteiger partial charge in [0.2, 0.25) is 0 Å². The van der Waals surface area contributed by atoms with E-state index in [9.17, 15) is 79.2 Å². The first-order valence-corrected chi connectivity index (χ1v) is 38.8. The fourth-order valence-corrected chi connectivity index (χ4v) is 14.5. The number of carbonyl (C=O) groups excluding carboxylic acids is 8. The molecule has 0 aliphatic heterocycles. The van der Waals surface area contributed by atoms with E-state index in [2.05, 4.69) is 63.7 Å². The van der Waals surface area contributed by atoms with Crippen LogP contribution in [0.25, 0.3) is 0 Å². The maximum absolute atomic E-state index is 13.0. The number of phenolic OH excluding ortho intramolecular Hbond substituents is 8. The normalized spacial score (nSPS) is 14.7. The van der Waals surface area contributed by atoms with Crippen molar-refractivity contribution in [1.29, 1.82) is 0 Å². The van der Waals surface area contributed by atoms with Crippen molar-refractivity contribution >= 4 is 111 Å². The van der Waals surface area contributed by atoms with E-state index in [4.69, 9.17) is 56.8 Å². The topological polar surface area (TPSA) is 409 Å². The third kappa shape index (κ3) is 23.6. The molecule has 8 bridgehead atoms. The largest absolute Gasteiger partial charge is 0.507 e. The fourth-order valence-electron chi connectivity index (χ4n) is 12.4.